The van der Waals surface area contributed by atoms with E-state index in [1.165, 1.54) is 0 Å². The van der Waals surface area contributed by atoms with Crippen LogP contribution in [-0.4, -0.2) is 6.10 Å². The van der Waals surface area contributed by atoms with E-state index in [0.29, 0.717) is 17.2 Å². The number of hydrogen-bond acceptors (Lipinski definition) is 3. The summed E-state index contributed by atoms with van der Waals surface area (Å²) in [6.07, 6.45) is 0.0789. The molecule has 0 bridgehead atoms. The molecule has 4 heteroatoms. The maximum absolute atomic E-state index is 6.07. The smallest absolute Gasteiger partial charge is 0.154 e. The van der Waals surface area contributed by atoms with Gasteiger partial charge in [0.15, 0.2) is 5.75 Å². The zero-order chi connectivity index (χ0) is 13.8. The van der Waals surface area contributed by atoms with Gasteiger partial charge in [0, 0.05) is 3.57 Å². The number of para-hydroxylation sites is 1. The molecule has 0 heterocycles. The monoisotopic (exact) mass is 369 g/mol. The molecule has 0 saturated carbocycles. The second-order valence-corrected chi connectivity index (χ2v) is 5.64. The molecule has 19 heavy (non-hydrogen) atoms. The third kappa shape index (κ3) is 3.76. The second-order valence-electron chi connectivity index (χ2n) is 4.39. The maximum Gasteiger partial charge on any atom is 0.154 e. The summed E-state index contributed by atoms with van der Waals surface area (Å²) in [5.41, 5.74) is 6.59. The van der Waals surface area contributed by atoms with Gasteiger partial charge in [-0.25, -0.2) is 0 Å². The molecule has 0 atom stereocenters. The lowest BCUT2D eigenvalue weighted by Crippen LogP contribution is -2.07. The van der Waals surface area contributed by atoms with Crippen molar-refractivity contribution in [1.29, 1.82) is 0 Å². The SMILES string of the molecule is CC(C)Oc1cccc(Oc2cccc(I)c2)c1N. The van der Waals surface area contributed by atoms with E-state index in [4.69, 9.17) is 15.2 Å². The molecule has 0 unspecified atom stereocenters. The van der Waals surface area contributed by atoms with E-state index < -0.39 is 0 Å². The van der Waals surface area contributed by atoms with E-state index >= 15 is 0 Å². The van der Waals surface area contributed by atoms with Crippen molar-refractivity contribution in [3.8, 4) is 17.2 Å². The van der Waals surface area contributed by atoms with E-state index in [-0.39, 0.29) is 6.10 Å². The Hall–Kier alpha value is -1.43. The fourth-order valence-corrected chi connectivity index (χ4v) is 2.14. The van der Waals surface area contributed by atoms with E-state index in [9.17, 15) is 0 Å². The van der Waals surface area contributed by atoms with Crippen molar-refractivity contribution in [3.63, 3.8) is 0 Å². The lowest BCUT2D eigenvalue weighted by atomic mass is 10.2. The lowest BCUT2D eigenvalue weighted by molar-refractivity contribution is 0.243. The van der Waals surface area contributed by atoms with Gasteiger partial charge in [0.2, 0.25) is 0 Å². The molecule has 100 valence electrons. The first kappa shape index (κ1) is 14.0. The summed E-state index contributed by atoms with van der Waals surface area (Å²) in [4.78, 5) is 0. The number of halogens is 1. The number of benzene rings is 2. The third-order valence-corrected chi connectivity index (χ3v) is 3.08. The fourth-order valence-electron chi connectivity index (χ4n) is 1.63. The van der Waals surface area contributed by atoms with Crippen LogP contribution >= 0.6 is 22.6 Å². The third-order valence-electron chi connectivity index (χ3n) is 2.41. The molecule has 0 spiro atoms. The highest BCUT2D eigenvalue weighted by Crippen LogP contribution is 2.35. The molecule has 0 aliphatic heterocycles. The minimum atomic E-state index is 0.0789. The molecular formula is C15H16INO2. The van der Waals surface area contributed by atoms with E-state index in [0.717, 1.165) is 9.32 Å². The van der Waals surface area contributed by atoms with Crippen LogP contribution in [0.2, 0.25) is 0 Å². The van der Waals surface area contributed by atoms with Gasteiger partial charge in [-0.2, -0.15) is 0 Å². The van der Waals surface area contributed by atoms with E-state index in [2.05, 4.69) is 22.6 Å². The summed E-state index contributed by atoms with van der Waals surface area (Å²) in [7, 11) is 0. The Bertz CT molecular complexity index is 570. The largest absolute Gasteiger partial charge is 0.489 e. The highest BCUT2D eigenvalue weighted by Gasteiger charge is 2.09. The summed E-state index contributed by atoms with van der Waals surface area (Å²) in [5.74, 6) is 2.03. The summed E-state index contributed by atoms with van der Waals surface area (Å²) < 4.78 is 12.6. The second kappa shape index (κ2) is 6.14. The standard InChI is InChI=1S/C15H16INO2/c1-10(2)18-13-7-4-8-14(15(13)17)19-12-6-3-5-11(16)9-12/h3-10H,17H2,1-2H3. The maximum atomic E-state index is 6.07. The highest BCUT2D eigenvalue weighted by molar-refractivity contribution is 14.1. The molecule has 2 N–H and O–H groups in total. The summed E-state index contributed by atoms with van der Waals surface area (Å²) >= 11 is 2.24. The quantitative estimate of drug-likeness (QED) is 0.640. The summed E-state index contributed by atoms with van der Waals surface area (Å²) in [6, 6.07) is 13.4. The molecule has 3 nitrogen and oxygen atoms in total. The first-order valence-corrected chi connectivity index (χ1v) is 7.12. The Morgan fingerprint density at radius 3 is 2.42 bits per heavy atom. The van der Waals surface area contributed by atoms with Crippen molar-refractivity contribution in [2.24, 2.45) is 0 Å². The first-order chi connectivity index (χ1) is 9.06. The number of hydrogen-bond donors (Lipinski definition) is 1. The normalized spacial score (nSPS) is 10.5. The highest BCUT2D eigenvalue weighted by atomic mass is 127. The van der Waals surface area contributed by atoms with Gasteiger partial charge < -0.3 is 15.2 Å². The molecule has 2 aromatic rings. The number of nitrogens with two attached hydrogens (primary N) is 1. The predicted octanol–water partition coefficient (Wildman–Crippen LogP) is 4.45. The van der Waals surface area contributed by atoms with Crippen LogP contribution in [0, 0.1) is 3.57 Å². The molecule has 0 aliphatic carbocycles. The van der Waals surface area contributed by atoms with Crippen molar-refractivity contribution in [1.82, 2.24) is 0 Å². The molecular weight excluding hydrogens is 353 g/mol. The van der Waals surface area contributed by atoms with Gasteiger partial charge in [0.05, 0.1) is 6.10 Å². The Morgan fingerprint density at radius 1 is 1.05 bits per heavy atom. The van der Waals surface area contributed by atoms with Gasteiger partial charge in [-0.05, 0) is 66.8 Å². The van der Waals surface area contributed by atoms with Crippen LogP contribution in [0.1, 0.15) is 13.8 Å². The van der Waals surface area contributed by atoms with Crippen LogP contribution < -0.4 is 15.2 Å². The van der Waals surface area contributed by atoms with Crippen LogP contribution in [0.15, 0.2) is 42.5 Å². The number of nitrogen functional groups attached to an aromatic ring is 1. The molecule has 0 aliphatic rings. The van der Waals surface area contributed by atoms with Crippen LogP contribution in [0.5, 0.6) is 17.2 Å². The van der Waals surface area contributed by atoms with Crippen molar-refractivity contribution < 1.29 is 9.47 Å². The van der Waals surface area contributed by atoms with Gasteiger partial charge in [-0.1, -0.05) is 12.1 Å². The minimum Gasteiger partial charge on any atom is -0.489 e. The van der Waals surface area contributed by atoms with Crippen molar-refractivity contribution in [3.05, 3.63) is 46.0 Å². The van der Waals surface area contributed by atoms with Crippen LogP contribution in [0.25, 0.3) is 0 Å². The number of anilines is 1. The van der Waals surface area contributed by atoms with Gasteiger partial charge in [0.1, 0.15) is 17.2 Å². The van der Waals surface area contributed by atoms with E-state index in [1.807, 2.05) is 56.3 Å². The van der Waals surface area contributed by atoms with Gasteiger partial charge in [-0.15, -0.1) is 0 Å². The van der Waals surface area contributed by atoms with Crippen LogP contribution in [0.3, 0.4) is 0 Å². The number of rotatable bonds is 4. The van der Waals surface area contributed by atoms with E-state index in [1.54, 1.807) is 0 Å². The van der Waals surface area contributed by atoms with Crippen LogP contribution in [-0.2, 0) is 0 Å². The number of ether oxygens (including phenoxy) is 2. The van der Waals surface area contributed by atoms with Crippen molar-refractivity contribution >= 4 is 28.3 Å². The molecule has 0 amide bonds. The molecule has 0 saturated heterocycles. The van der Waals surface area contributed by atoms with Gasteiger partial charge in [0.25, 0.3) is 0 Å². The Kier molecular flexibility index (Phi) is 4.52. The molecule has 0 radical (unpaired) electrons. The van der Waals surface area contributed by atoms with Gasteiger partial charge >= 0.3 is 0 Å². The Labute approximate surface area is 126 Å². The fraction of sp³-hybridized carbons (Fsp3) is 0.200. The van der Waals surface area contributed by atoms with Crippen LogP contribution in [0.4, 0.5) is 5.69 Å². The minimum absolute atomic E-state index is 0.0789. The summed E-state index contributed by atoms with van der Waals surface area (Å²) in [6.45, 7) is 3.93. The zero-order valence-electron chi connectivity index (χ0n) is 10.9. The lowest BCUT2D eigenvalue weighted by Gasteiger charge is -2.15. The average molecular weight is 369 g/mol. The Morgan fingerprint density at radius 2 is 1.74 bits per heavy atom. The Balaban J connectivity index is 2.25. The predicted molar refractivity (Wildman–Crippen MR) is 85.9 cm³/mol. The average Bonchev–Trinajstić information content (AvgIpc) is 2.34. The first-order valence-electron chi connectivity index (χ1n) is 6.05. The molecule has 2 rings (SSSR count). The molecule has 2 aromatic carbocycles. The molecule has 0 aromatic heterocycles. The summed E-state index contributed by atoms with van der Waals surface area (Å²) in [5, 5.41) is 0. The zero-order valence-corrected chi connectivity index (χ0v) is 13.0. The topological polar surface area (TPSA) is 44.5 Å². The van der Waals surface area contributed by atoms with Crippen molar-refractivity contribution in [2.45, 2.75) is 20.0 Å². The van der Waals surface area contributed by atoms with Gasteiger partial charge in [-0.3, -0.25) is 0 Å². The molecule has 0 fully saturated rings. The van der Waals surface area contributed by atoms with Crippen molar-refractivity contribution in [2.75, 3.05) is 5.73 Å².